The third-order valence-electron chi connectivity index (χ3n) is 4.04. The highest BCUT2D eigenvalue weighted by atomic mass is 16.5. The average molecular weight is 337 g/mol. The summed E-state index contributed by atoms with van der Waals surface area (Å²) < 4.78 is 16.1. The number of carboxylic acids is 1. The van der Waals surface area contributed by atoms with Gasteiger partial charge in [-0.2, -0.15) is 0 Å². The lowest BCUT2D eigenvalue weighted by Gasteiger charge is -2.33. The molecular weight excluding hydrogens is 314 g/mol. The standard InChI is InChI=1S/C17H23NO6/c1-2-23-13-5-3-4-6-14(13)24-11-15(19)18-12-17(16(20)21)7-9-22-10-8-17/h3-6H,2,7-12H2,1H3,(H,18,19)(H,20,21). The number of rotatable bonds is 8. The summed E-state index contributed by atoms with van der Waals surface area (Å²) in [5.41, 5.74) is -0.961. The van der Waals surface area contributed by atoms with E-state index in [0.29, 0.717) is 44.2 Å². The zero-order valence-electron chi connectivity index (χ0n) is 13.7. The van der Waals surface area contributed by atoms with Gasteiger partial charge < -0.3 is 24.6 Å². The summed E-state index contributed by atoms with van der Waals surface area (Å²) in [7, 11) is 0. The van der Waals surface area contributed by atoms with Crippen molar-refractivity contribution >= 4 is 11.9 Å². The lowest BCUT2D eigenvalue weighted by atomic mass is 9.80. The summed E-state index contributed by atoms with van der Waals surface area (Å²) in [6.07, 6.45) is 0.771. The van der Waals surface area contributed by atoms with Crippen LogP contribution in [0.25, 0.3) is 0 Å². The predicted molar refractivity (Wildman–Crippen MR) is 86.2 cm³/mol. The Morgan fingerprint density at radius 2 is 1.83 bits per heavy atom. The number of benzene rings is 1. The number of carbonyl (C=O) groups is 2. The molecule has 0 aromatic heterocycles. The van der Waals surface area contributed by atoms with Gasteiger partial charge in [-0.05, 0) is 31.9 Å². The molecule has 7 nitrogen and oxygen atoms in total. The molecule has 1 aliphatic heterocycles. The molecule has 0 aliphatic carbocycles. The van der Waals surface area contributed by atoms with Crippen molar-refractivity contribution in [2.75, 3.05) is 33.0 Å². The molecule has 0 bridgehead atoms. The van der Waals surface area contributed by atoms with Gasteiger partial charge in [0.25, 0.3) is 5.91 Å². The Hall–Kier alpha value is -2.28. The normalized spacial score (nSPS) is 16.2. The molecule has 1 amide bonds. The van der Waals surface area contributed by atoms with Crippen molar-refractivity contribution in [2.24, 2.45) is 5.41 Å². The van der Waals surface area contributed by atoms with Gasteiger partial charge in [-0.15, -0.1) is 0 Å². The van der Waals surface area contributed by atoms with Gasteiger partial charge >= 0.3 is 5.97 Å². The Kier molecular flexibility index (Phi) is 6.43. The van der Waals surface area contributed by atoms with Crippen LogP contribution in [0.5, 0.6) is 11.5 Å². The Bertz CT molecular complexity index is 568. The maximum Gasteiger partial charge on any atom is 0.311 e. The van der Waals surface area contributed by atoms with E-state index in [0.717, 1.165) is 0 Å². The first kappa shape index (κ1) is 18.1. The molecule has 2 rings (SSSR count). The second kappa shape index (κ2) is 8.54. The van der Waals surface area contributed by atoms with Crippen LogP contribution < -0.4 is 14.8 Å². The predicted octanol–water partition coefficient (Wildman–Crippen LogP) is 1.46. The van der Waals surface area contributed by atoms with E-state index in [1.54, 1.807) is 18.2 Å². The molecule has 1 aromatic carbocycles. The van der Waals surface area contributed by atoms with Gasteiger partial charge in [0, 0.05) is 19.8 Å². The molecule has 7 heteroatoms. The number of hydrogen-bond donors (Lipinski definition) is 2. The molecule has 0 spiro atoms. The van der Waals surface area contributed by atoms with Crippen LogP contribution in [-0.4, -0.2) is 50.0 Å². The zero-order valence-corrected chi connectivity index (χ0v) is 13.7. The van der Waals surface area contributed by atoms with Crippen molar-refractivity contribution in [1.29, 1.82) is 0 Å². The molecule has 0 unspecified atom stereocenters. The molecule has 132 valence electrons. The number of carboxylic acid groups (broad SMARTS) is 1. The van der Waals surface area contributed by atoms with Crippen LogP contribution in [-0.2, 0) is 14.3 Å². The molecule has 0 atom stereocenters. The lowest BCUT2D eigenvalue weighted by molar-refractivity contribution is -0.154. The molecule has 1 heterocycles. The monoisotopic (exact) mass is 337 g/mol. The molecule has 24 heavy (non-hydrogen) atoms. The van der Waals surface area contributed by atoms with Gasteiger partial charge in [0.05, 0.1) is 12.0 Å². The van der Waals surface area contributed by atoms with Gasteiger partial charge in [0.1, 0.15) is 0 Å². The number of hydrogen-bond acceptors (Lipinski definition) is 5. The molecule has 1 fully saturated rings. The summed E-state index contributed by atoms with van der Waals surface area (Å²) >= 11 is 0. The lowest BCUT2D eigenvalue weighted by Crippen LogP contribution is -2.47. The van der Waals surface area contributed by atoms with E-state index >= 15 is 0 Å². The molecular formula is C17H23NO6. The highest BCUT2D eigenvalue weighted by Gasteiger charge is 2.40. The van der Waals surface area contributed by atoms with E-state index < -0.39 is 11.4 Å². The Balaban J connectivity index is 1.86. The van der Waals surface area contributed by atoms with Crippen LogP contribution in [0.3, 0.4) is 0 Å². The minimum absolute atomic E-state index is 0.0704. The van der Waals surface area contributed by atoms with Gasteiger partial charge in [-0.1, -0.05) is 12.1 Å². The summed E-state index contributed by atoms with van der Waals surface area (Å²) in [6.45, 7) is 3.01. The second-order valence-electron chi connectivity index (χ2n) is 5.64. The third-order valence-corrected chi connectivity index (χ3v) is 4.04. The quantitative estimate of drug-likeness (QED) is 0.746. The highest BCUT2D eigenvalue weighted by Crippen LogP contribution is 2.30. The van der Waals surface area contributed by atoms with Crippen molar-refractivity contribution in [3.05, 3.63) is 24.3 Å². The zero-order chi connectivity index (χ0) is 17.4. The SMILES string of the molecule is CCOc1ccccc1OCC(=O)NCC1(C(=O)O)CCOCC1. The van der Waals surface area contributed by atoms with Crippen LogP contribution >= 0.6 is 0 Å². The fraction of sp³-hybridized carbons (Fsp3) is 0.529. The highest BCUT2D eigenvalue weighted by molar-refractivity contribution is 5.80. The van der Waals surface area contributed by atoms with E-state index in [9.17, 15) is 14.7 Å². The van der Waals surface area contributed by atoms with Gasteiger partial charge in [0.15, 0.2) is 18.1 Å². The van der Waals surface area contributed by atoms with Gasteiger partial charge in [-0.25, -0.2) is 0 Å². The summed E-state index contributed by atoms with van der Waals surface area (Å²) in [5, 5.41) is 12.1. The smallest absolute Gasteiger partial charge is 0.311 e. The average Bonchev–Trinajstić information content (AvgIpc) is 2.60. The summed E-state index contributed by atoms with van der Waals surface area (Å²) in [6, 6.07) is 7.09. The number of ether oxygens (including phenoxy) is 3. The van der Waals surface area contributed by atoms with E-state index in [1.165, 1.54) is 0 Å². The number of carbonyl (C=O) groups excluding carboxylic acids is 1. The van der Waals surface area contributed by atoms with Crippen molar-refractivity contribution in [1.82, 2.24) is 5.32 Å². The molecule has 0 radical (unpaired) electrons. The van der Waals surface area contributed by atoms with Crippen molar-refractivity contribution < 1.29 is 28.9 Å². The Morgan fingerprint density at radius 1 is 1.21 bits per heavy atom. The van der Waals surface area contributed by atoms with E-state index in [2.05, 4.69) is 5.32 Å². The summed E-state index contributed by atoms with van der Waals surface area (Å²) in [4.78, 5) is 23.5. The van der Waals surface area contributed by atoms with Crippen LogP contribution in [0, 0.1) is 5.41 Å². The molecule has 0 saturated carbocycles. The summed E-state index contributed by atoms with van der Waals surface area (Å²) in [5.74, 6) is -0.227. The Labute approximate surface area is 140 Å². The molecule has 1 aromatic rings. The Morgan fingerprint density at radius 3 is 2.42 bits per heavy atom. The minimum Gasteiger partial charge on any atom is -0.490 e. The fourth-order valence-corrected chi connectivity index (χ4v) is 2.53. The fourth-order valence-electron chi connectivity index (χ4n) is 2.53. The number of amides is 1. The van der Waals surface area contributed by atoms with E-state index in [1.807, 2.05) is 13.0 Å². The van der Waals surface area contributed by atoms with Gasteiger partial charge in [-0.3, -0.25) is 9.59 Å². The van der Waals surface area contributed by atoms with Crippen LogP contribution in [0.2, 0.25) is 0 Å². The molecule has 2 N–H and O–H groups in total. The van der Waals surface area contributed by atoms with Crippen LogP contribution in [0.1, 0.15) is 19.8 Å². The van der Waals surface area contributed by atoms with Crippen LogP contribution in [0.4, 0.5) is 0 Å². The maximum atomic E-state index is 12.0. The van der Waals surface area contributed by atoms with Crippen LogP contribution in [0.15, 0.2) is 24.3 Å². The van der Waals surface area contributed by atoms with Crippen molar-refractivity contribution in [3.8, 4) is 11.5 Å². The third kappa shape index (κ3) is 4.61. The maximum absolute atomic E-state index is 12.0. The minimum atomic E-state index is -0.961. The first-order valence-electron chi connectivity index (χ1n) is 8.00. The largest absolute Gasteiger partial charge is 0.490 e. The number of nitrogens with one attached hydrogen (secondary N) is 1. The van der Waals surface area contributed by atoms with Crippen molar-refractivity contribution in [2.45, 2.75) is 19.8 Å². The number of para-hydroxylation sites is 2. The molecule has 1 saturated heterocycles. The second-order valence-corrected chi connectivity index (χ2v) is 5.64. The topological polar surface area (TPSA) is 94.1 Å². The molecule has 1 aliphatic rings. The van der Waals surface area contributed by atoms with Gasteiger partial charge in [0.2, 0.25) is 0 Å². The van der Waals surface area contributed by atoms with E-state index in [-0.39, 0.29) is 19.1 Å². The first-order valence-corrected chi connectivity index (χ1v) is 8.00. The first-order chi connectivity index (χ1) is 11.6. The number of aliphatic carboxylic acids is 1. The van der Waals surface area contributed by atoms with Crippen molar-refractivity contribution in [3.63, 3.8) is 0 Å². The van der Waals surface area contributed by atoms with E-state index in [4.69, 9.17) is 14.2 Å².